The van der Waals surface area contributed by atoms with Crippen molar-refractivity contribution in [2.24, 2.45) is 0 Å². The van der Waals surface area contributed by atoms with Crippen molar-refractivity contribution in [2.75, 3.05) is 11.9 Å². The molecule has 0 saturated heterocycles. The predicted octanol–water partition coefficient (Wildman–Crippen LogP) is 4.51. The molecule has 2 N–H and O–H groups in total. The number of hydrogen-bond acceptors (Lipinski definition) is 5. The van der Waals surface area contributed by atoms with Gasteiger partial charge < -0.3 is 10.6 Å². The number of hydrogen-bond donors (Lipinski definition) is 2. The Kier molecular flexibility index (Phi) is 5.70. The minimum atomic E-state index is -0.327. The van der Waals surface area contributed by atoms with Gasteiger partial charge in [-0.2, -0.15) is 0 Å². The lowest BCUT2D eigenvalue weighted by Gasteiger charge is -2.07. The summed E-state index contributed by atoms with van der Waals surface area (Å²) < 4.78 is 0.688. The quantitative estimate of drug-likeness (QED) is 0.656. The van der Waals surface area contributed by atoms with Crippen LogP contribution < -0.4 is 10.6 Å². The number of aromatic nitrogens is 1. The van der Waals surface area contributed by atoms with Crippen LogP contribution in [-0.2, 0) is 4.79 Å². The Labute approximate surface area is 164 Å². The van der Waals surface area contributed by atoms with E-state index in [0.717, 1.165) is 21.7 Å². The van der Waals surface area contributed by atoms with Crippen molar-refractivity contribution in [3.05, 3.63) is 56.7 Å². The number of rotatable bonds is 5. The molecular weight excluding hydrogens is 390 g/mol. The third-order valence-corrected chi connectivity index (χ3v) is 5.77. The fourth-order valence-corrected chi connectivity index (χ4v) is 4.01. The van der Waals surface area contributed by atoms with Crippen molar-refractivity contribution in [3.63, 3.8) is 0 Å². The lowest BCUT2D eigenvalue weighted by Crippen LogP contribution is -2.32. The first-order valence-corrected chi connectivity index (χ1v) is 9.86. The monoisotopic (exact) mass is 405 g/mol. The second-order valence-corrected chi connectivity index (χ2v) is 8.24. The van der Waals surface area contributed by atoms with Crippen LogP contribution in [0.25, 0.3) is 10.6 Å². The smallest absolute Gasteiger partial charge is 0.251 e. The Morgan fingerprint density at radius 3 is 2.65 bits per heavy atom. The summed E-state index contributed by atoms with van der Waals surface area (Å²) >= 11 is 8.68. The van der Waals surface area contributed by atoms with Crippen LogP contribution in [0, 0.1) is 13.8 Å². The van der Waals surface area contributed by atoms with Gasteiger partial charge in [-0.05, 0) is 49.2 Å². The maximum atomic E-state index is 12.1. The maximum absolute atomic E-state index is 12.1. The van der Waals surface area contributed by atoms with Crippen LogP contribution >= 0.6 is 34.3 Å². The third-order valence-electron chi connectivity index (χ3n) is 3.75. The van der Waals surface area contributed by atoms with E-state index in [2.05, 4.69) is 15.6 Å². The zero-order valence-electron chi connectivity index (χ0n) is 14.1. The van der Waals surface area contributed by atoms with Crippen molar-refractivity contribution >= 4 is 51.2 Å². The van der Waals surface area contributed by atoms with Gasteiger partial charge in [-0.15, -0.1) is 22.7 Å². The van der Waals surface area contributed by atoms with E-state index in [4.69, 9.17) is 11.6 Å². The van der Waals surface area contributed by atoms with Gasteiger partial charge in [0.2, 0.25) is 5.91 Å². The van der Waals surface area contributed by atoms with E-state index in [1.54, 1.807) is 6.07 Å². The molecule has 0 aliphatic rings. The van der Waals surface area contributed by atoms with Gasteiger partial charge in [-0.3, -0.25) is 9.59 Å². The van der Waals surface area contributed by atoms with Gasteiger partial charge in [0.1, 0.15) is 0 Å². The topological polar surface area (TPSA) is 71.1 Å². The number of thiazole rings is 1. The molecule has 3 rings (SSSR count). The minimum Gasteiger partial charge on any atom is -0.343 e. The molecule has 0 aliphatic heterocycles. The zero-order valence-corrected chi connectivity index (χ0v) is 16.5. The molecule has 0 atom stereocenters. The van der Waals surface area contributed by atoms with E-state index in [9.17, 15) is 9.59 Å². The van der Waals surface area contributed by atoms with Gasteiger partial charge in [-0.25, -0.2) is 4.98 Å². The molecule has 0 saturated carbocycles. The van der Waals surface area contributed by atoms with Crippen molar-refractivity contribution in [1.29, 1.82) is 0 Å². The molecule has 2 aromatic heterocycles. The van der Waals surface area contributed by atoms with Crippen molar-refractivity contribution in [2.45, 2.75) is 13.8 Å². The Balaban J connectivity index is 1.55. The van der Waals surface area contributed by atoms with Crippen LogP contribution in [-0.4, -0.2) is 23.3 Å². The zero-order chi connectivity index (χ0) is 18.7. The van der Waals surface area contributed by atoms with Crippen molar-refractivity contribution in [1.82, 2.24) is 10.3 Å². The van der Waals surface area contributed by atoms with Gasteiger partial charge in [0, 0.05) is 10.9 Å². The summed E-state index contributed by atoms with van der Waals surface area (Å²) in [6.45, 7) is 3.81. The van der Waals surface area contributed by atoms with Crippen molar-refractivity contribution < 1.29 is 9.59 Å². The maximum Gasteiger partial charge on any atom is 0.251 e. The highest BCUT2D eigenvalue weighted by molar-refractivity contribution is 7.20. The highest BCUT2D eigenvalue weighted by Gasteiger charge is 2.12. The number of benzene rings is 1. The van der Waals surface area contributed by atoms with Gasteiger partial charge in [0.25, 0.3) is 5.91 Å². The molecule has 3 aromatic rings. The number of nitrogens with zero attached hydrogens (tertiary/aromatic N) is 1. The van der Waals surface area contributed by atoms with Gasteiger partial charge in [0.05, 0.1) is 21.5 Å². The molecule has 0 fully saturated rings. The molecular formula is C18H16ClN3O2S2. The molecule has 0 radical (unpaired) electrons. The average molecular weight is 406 g/mol. The molecule has 5 nitrogen and oxygen atoms in total. The van der Waals surface area contributed by atoms with Gasteiger partial charge >= 0.3 is 0 Å². The fraction of sp³-hybridized carbons (Fsp3) is 0.167. The Morgan fingerprint density at radius 1 is 1.15 bits per heavy atom. The summed E-state index contributed by atoms with van der Waals surface area (Å²) in [7, 11) is 0. The van der Waals surface area contributed by atoms with Gasteiger partial charge in [0.15, 0.2) is 5.13 Å². The Bertz CT molecular complexity index is 965. The second kappa shape index (κ2) is 7.99. The van der Waals surface area contributed by atoms with E-state index in [-0.39, 0.29) is 18.4 Å². The Hall–Kier alpha value is -2.22. The summed E-state index contributed by atoms with van der Waals surface area (Å²) in [5, 5.41) is 7.64. The molecule has 26 heavy (non-hydrogen) atoms. The van der Waals surface area contributed by atoms with Crippen molar-refractivity contribution in [3.8, 4) is 10.6 Å². The van der Waals surface area contributed by atoms with Crippen LogP contribution in [0.15, 0.2) is 35.7 Å². The molecule has 0 aliphatic carbocycles. The number of thiophene rings is 1. The SMILES string of the molecule is Cc1ccc(C(=O)NCC(=O)Nc2nc(-c3ccc(Cl)s3)cs2)cc1C. The fourth-order valence-electron chi connectivity index (χ4n) is 2.21. The number of amides is 2. The minimum absolute atomic E-state index is 0.120. The summed E-state index contributed by atoms with van der Waals surface area (Å²) in [5.74, 6) is -0.608. The van der Waals surface area contributed by atoms with Crippen LogP contribution in [0.3, 0.4) is 0 Å². The molecule has 0 bridgehead atoms. The van der Waals surface area contributed by atoms with E-state index < -0.39 is 0 Å². The first-order valence-electron chi connectivity index (χ1n) is 7.79. The Morgan fingerprint density at radius 2 is 1.96 bits per heavy atom. The standard InChI is InChI=1S/C18H16ClN3O2S2/c1-10-3-4-12(7-11(10)2)17(24)20-8-16(23)22-18-21-13(9-25-18)14-5-6-15(19)26-14/h3-7,9H,8H2,1-2H3,(H,20,24)(H,21,22,23). The molecule has 8 heteroatoms. The summed E-state index contributed by atoms with van der Waals surface area (Å²) in [6.07, 6.45) is 0. The van der Waals surface area contributed by atoms with Crippen LogP contribution in [0.2, 0.25) is 4.34 Å². The number of halogens is 1. The number of carbonyl (C=O) groups excluding carboxylic acids is 2. The summed E-state index contributed by atoms with van der Waals surface area (Å²) in [6, 6.07) is 9.13. The average Bonchev–Trinajstić information content (AvgIpc) is 3.24. The van der Waals surface area contributed by atoms with E-state index >= 15 is 0 Å². The predicted molar refractivity (Wildman–Crippen MR) is 107 cm³/mol. The lowest BCUT2D eigenvalue weighted by molar-refractivity contribution is -0.115. The number of nitrogens with one attached hydrogen (secondary N) is 2. The molecule has 2 amide bonds. The largest absolute Gasteiger partial charge is 0.343 e. The number of anilines is 1. The summed E-state index contributed by atoms with van der Waals surface area (Å²) in [5.41, 5.74) is 3.45. The third kappa shape index (κ3) is 4.49. The number of aryl methyl sites for hydroxylation is 2. The van der Waals surface area contributed by atoms with E-state index in [1.807, 2.05) is 43.5 Å². The molecule has 0 unspecified atom stereocenters. The van der Waals surface area contributed by atoms with E-state index in [0.29, 0.717) is 15.0 Å². The highest BCUT2D eigenvalue weighted by Crippen LogP contribution is 2.32. The van der Waals surface area contributed by atoms with Gasteiger partial charge in [-0.1, -0.05) is 17.7 Å². The van der Waals surface area contributed by atoms with Crippen LogP contribution in [0.4, 0.5) is 5.13 Å². The molecule has 0 spiro atoms. The number of carbonyl (C=O) groups is 2. The van der Waals surface area contributed by atoms with Crippen LogP contribution in [0.1, 0.15) is 21.5 Å². The molecule has 2 heterocycles. The first kappa shape index (κ1) is 18.6. The second-order valence-electron chi connectivity index (χ2n) is 5.67. The van der Waals surface area contributed by atoms with E-state index in [1.165, 1.54) is 22.7 Å². The summed E-state index contributed by atoms with van der Waals surface area (Å²) in [4.78, 5) is 29.5. The van der Waals surface area contributed by atoms with Crippen LogP contribution in [0.5, 0.6) is 0 Å². The normalized spacial score (nSPS) is 10.6. The first-order chi connectivity index (χ1) is 12.4. The molecule has 134 valence electrons. The highest BCUT2D eigenvalue weighted by atomic mass is 35.5. The molecule has 1 aromatic carbocycles. The lowest BCUT2D eigenvalue weighted by atomic mass is 10.1.